The Bertz CT molecular complexity index is 452. The molecule has 20 heavy (non-hydrogen) atoms. The molecule has 1 aromatic rings. The van der Waals surface area contributed by atoms with Gasteiger partial charge in [-0.2, -0.15) is 0 Å². The summed E-state index contributed by atoms with van der Waals surface area (Å²) in [5, 5.41) is 10.3. The largest absolute Gasteiger partial charge is 0.449 e. The number of nitrogens with zero attached hydrogens (tertiary/aromatic N) is 1. The predicted molar refractivity (Wildman–Crippen MR) is 76.0 cm³/mol. The second-order valence-electron chi connectivity index (χ2n) is 5.75. The topological polar surface area (TPSA) is 75.8 Å². The van der Waals surface area contributed by atoms with Crippen LogP contribution in [0.5, 0.6) is 0 Å². The van der Waals surface area contributed by atoms with Crippen molar-refractivity contribution in [2.45, 2.75) is 26.0 Å². The smallest absolute Gasteiger partial charge is 0.404 e. The second kappa shape index (κ2) is 6.24. The summed E-state index contributed by atoms with van der Waals surface area (Å²) in [5.74, 6) is 0. The third kappa shape index (κ3) is 3.71. The Labute approximate surface area is 119 Å². The van der Waals surface area contributed by atoms with Crippen molar-refractivity contribution in [1.29, 1.82) is 0 Å². The number of β-amino-alcohol motifs (C(OH)–C–C–N with tert-alkyl or cyclic N) is 1. The molecule has 5 nitrogen and oxygen atoms in total. The van der Waals surface area contributed by atoms with E-state index < -0.39 is 17.6 Å². The lowest BCUT2D eigenvalue weighted by Gasteiger charge is -2.42. The van der Waals surface area contributed by atoms with Crippen molar-refractivity contribution in [1.82, 2.24) is 4.90 Å². The van der Waals surface area contributed by atoms with Crippen LogP contribution in [0.2, 0.25) is 0 Å². The number of ether oxygens (including phenoxy) is 1. The zero-order valence-electron chi connectivity index (χ0n) is 11.8. The molecule has 2 rings (SSSR count). The molecular weight excluding hydrogens is 256 g/mol. The summed E-state index contributed by atoms with van der Waals surface area (Å²) in [6, 6.07) is 10.2. The van der Waals surface area contributed by atoms with Gasteiger partial charge in [0, 0.05) is 18.5 Å². The number of aliphatic hydroxyl groups is 1. The van der Waals surface area contributed by atoms with E-state index in [0.717, 1.165) is 19.5 Å². The van der Waals surface area contributed by atoms with Gasteiger partial charge in [-0.25, -0.2) is 4.79 Å². The van der Waals surface area contributed by atoms with Gasteiger partial charge in [0.25, 0.3) is 0 Å². The Morgan fingerprint density at radius 1 is 1.50 bits per heavy atom. The first kappa shape index (κ1) is 14.8. The fourth-order valence-corrected chi connectivity index (χ4v) is 2.53. The van der Waals surface area contributed by atoms with Gasteiger partial charge >= 0.3 is 6.09 Å². The van der Waals surface area contributed by atoms with Crippen molar-refractivity contribution in [3.05, 3.63) is 35.9 Å². The Morgan fingerprint density at radius 2 is 2.20 bits per heavy atom. The molecule has 5 heteroatoms. The third-order valence-corrected chi connectivity index (χ3v) is 4.03. The molecule has 1 aliphatic rings. The molecule has 0 aliphatic carbocycles. The minimum absolute atomic E-state index is 0.169. The molecule has 1 fully saturated rings. The molecule has 0 spiro atoms. The number of benzene rings is 1. The molecule has 0 saturated carbocycles. The highest BCUT2D eigenvalue weighted by molar-refractivity contribution is 5.64. The van der Waals surface area contributed by atoms with Gasteiger partial charge < -0.3 is 15.6 Å². The van der Waals surface area contributed by atoms with E-state index in [1.54, 1.807) is 0 Å². The first-order valence-electron chi connectivity index (χ1n) is 6.86. The summed E-state index contributed by atoms with van der Waals surface area (Å²) in [6.07, 6.45) is -0.543. The monoisotopic (exact) mass is 278 g/mol. The number of carbonyl (C=O) groups is 1. The number of piperidine rings is 1. The lowest BCUT2D eigenvalue weighted by molar-refractivity contribution is -0.0663. The quantitative estimate of drug-likeness (QED) is 0.872. The van der Waals surface area contributed by atoms with Gasteiger partial charge in [-0.3, -0.25) is 4.90 Å². The molecule has 1 saturated heterocycles. The number of rotatable bonds is 4. The summed E-state index contributed by atoms with van der Waals surface area (Å²) in [4.78, 5) is 12.9. The third-order valence-electron chi connectivity index (χ3n) is 4.03. The fourth-order valence-electron chi connectivity index (χ4n) is 2.53. The van der Waals surface area contributed by atoms with Crippen LogP contribution in [0.3, 0.4) is 0 Å². The molecular formula is C15H22N2O3. The number of hydrogen-bond donors (Lipinski definition) is 2. The highest BCUT2D eigenvalue weighted by Gasteiger charge is 2.39. The molecule has 0 aromatic heterocycles. The fraction of sp³-hybridized carbons (Fsp3) is 0.533. The summed E-state index contributed by atoms with van der Waals surface area (Å²) < 4.78 is 4.87. The van der Waals surface area contributed by atoms with Crippen molar-refractivity contribution in [2.75, 3.05) is 19.7 Å². The van der Waals surface area contributed by atoms with E-state index in [1.807, 2.05) is 25.1 Å². The van der Waals surface area contributed by atoms with Gasteiger partial charge in [-0.05, 0) is 18.5 Å². The van der Waals surface area contributed by atoms with E-state index in [1.165, 1.54) is 5.56 Å². The van der Waals surface area contributed by atoms with Gasteiger partial charge in [0.15, 0.2) is 0 Å². The molecule has 1 heterocycles. The number of carbonyl (C=O) groups excluding carboxylic acids is 1. The first-order valence-corrected chi connectivity index (χ1v) is 6.86. The summed E-state index contributed by atoms with van der Waals surface area (Å²) in [7, 11) is 0. The number of amides is 1. The molecule has 2 atom stereocenters. The van der Waals surface area contributed by atoms with E-state index in [9.17, 15) is 9.90 Å². The molecule has 1 aromatic carbocycles. The van der Waals surface area contributed by atoms with E-state index in [2.05, 4.69) is 17.0 Å². The SMILES string of the molecule is CC1(COC(N)=O)CCN(Cc2ccccc2)CC1O. The van der Waals surface area contributed by atoms with Crippen molar-refractivity contribution in [3.8, 4) is 0 Å². The van der Waals surface area contributed by atoms with Crippen molar-refractivity contribution >= 4 is 6.09 Å². The maximum Gasteiger partial charge on any atom is 0.404 e. The first-order chi connectivity index (χ1) is 9.49. The number of aliphatic hydroxyl groups excluding tert-OH is 1. The van der Waals surface area contributed by atoms with Crippen molar-refractivity contribution in [3.63, 3.8) is 0 Å². The lowest BCUT2D eigenvalue weighted by atomic mass is 9.78. The van der Waals surface area contributed by atoms with Crippen LogP contribution in [0.1, 0.15) is 18.9 Å². The minimum Gasteiger partial charge on any atom is -0.449 e. The highest BCUT2D eigenvalue weighted by Crippen LogP contribution is 2.32. The molecule has 2 unspecified atom stereocenters. The van der Waals surface area contributed by atoms with Crippen LogP contribution in [-0.4, -0.2) is 41.9 Å². The van der Waals surface area contributed by atoms with Crippen molar-refractivity contribution in [2.24, 2.45) is 11.1 Å². The predicted octanol–water partition coefficient (Wildman–Crippen LogP) is 1.35. The highest BCUT2D eigenvalue weighted by atomic mass is 16.5. The number of hydrogen-bond acceptors (Lipinski definition) is 4. The van der Waals surface area contributed by atoms with Crippen LogP contribution in [0, 0.1) is 5.41 Å². The molecule has 1 aliphatic heterocycles. The van der Waals surface area contributed by atoms with E-state index in [0.29, 0.717) is 6.54 Å². The van der Waals surface area contributed by atoms with Crippen molar-refractivity contribution < 1.29 is 14.6 Å². The number of nitrogens with two attached hydrogens (primary N) is 1. The Balaban J connectivity index is 1.90. The standard InChI is InChI=1S/C15H22N2O3/c1-15(11-20-14(16)19)7-8-17(10-13(15)18)9-12-5-3-2-4-6-12/h2-6,13,18H,7-11H2,1H3,(H2,16,19). The van der Waals surface area contributed by atoms with Gasteiger partial charge in [0.1, 0.15) is 6.61 Å². The average Bonchev–Trinajstić information content (AvgIpc) is 2.42. The zero-order chi connectivity index (χ0) is 14.6. The van der Waals surface area contributed by atoms with Crippen LogP contribution in [0.15, 0.2) is 30.3 Å². The normalized spacial score (nSPS) is 27.2. The molecule has 1 amide bonds. The van der Waals surface area contributed by atoms with Crippen LogP contribution in [0.4, 0.5) is 4.79 Å². The molecule has 0 bridgehead atoms. The number of likely N-dealkylation sites (tertiary alicyclic amines) is 1. The average molecular weight is 278 g/mol. The zero-order valence-corrected chi connectivity index (χ0v) is 11.8. The summed E-state index contributed by atoms with van der Waals surface area (Å²) >= 11 is 0. The summed E-state index contributed by atoms with van der Waals surface area (Å²) in [6.45, 7) is 4.37. The Kier molecular flexibility index (Phi) is 4.62. The van der Waals surface area contributed by atoms with Gasteiger partial charge in [0.2, 0.25) is 0 Å². The Morgan fingerprint density at radius 3 is 2.80 bits per heavy atom. The molecule has 0 radical (unpaired) electrons. The minimum atomic E-state index is -0.787. The second-order valence-corrected chi connectivity index (χ2v) is 5.75. The van der Waals surface area contributed by atoms with E-state index >= 15 is 0 Å². The number of primary amides is 1. The van der Waals surface area contributed by atoms with Crippen LogP contribution in [0.25, 0.3) is 0 Å². The van der Waals surface area contributed by atoms with Crippen LogP contribution >= 0.6 is 0 Å². The lowest BCUT2D eigenvalue weighted by Crippen LogP contribution is -2.51. The van der Waals surface area contributed by atoms with E-state index in [-0.39, 0.29) is 6.61 Å². The molecule has 110 valence electrons. The van der Waals surface area contributed by atoms with Crippen LogP contribution < -0.4 is 5.73 Å². The van der Waals surface area contributed by atoms with Gasteiger partial charge in [0.05, 0.1) is 6.10 Å². The maximum absolute atomic E-state index is 10.7. The van der Waals surface area contributed by atoms with Crippen LogP contribution in [-0.2, 0) is 11.3 Å². The maximum atomic E-state index is 10.7. The van der Waals surface area contributed by atoms with Gasteiger partial charge in [-0.15, -0.1) is 0 Å². The Hall–Kier alpha value is -1.59. The van der Waals surface area contributed by atoms with Gasteiger partial charge in [-0.1, -0.05) is 37.3 Å². The van der Waals surface area contributed by atoms with E-state index in [4.69, 9.17) is 10.5 Å². The summed E-state index contributed by atoms with van der Waals surface area (Å²) in [5.41, 5.74) is 5.81. The molecule has 3 N–H and O–H groups in total.